The first-order chi connectivity index (χ1) is 11.7. The molecule has 5 nitrogen and oxygen atoms in total. The number of piperidine rings is 1. The summed E-state index contributed by atoms with van der Waals surface area (Å²) in [4.78, 5) is 14.4. The highest BCUT2D eigenvalue weighted by molar-refractivity contribution is 5.78. The van der Waals surface area contributed by atoms with E-state index >= 15 is 0 Å². The van der Waals surface area contributed by atoms with E-state index in [-0.39, 0.29) is 5.91 Å². The van der Waals surface area contributed by atoms with E-state index in [1.807, 2.05) is 23.0 Å². The Balaban J connectivity index is 1.35. The van der Waals surface area contributed by atoms with Crippen LogP contribution in [-0.4, -0.2) is 46.8 Å². The van der Waals surface area contributed by atoms with Crippen molar-refractivity contribution in [2.45, 2.75) is 51.1 Å². The number of likely N-dealkylation sites (tertiary alicyclic amines) is 1. The number of aryl methyl sites for hydroxylation is 1. The smallest absolute Gasteiger partial charge is 0.220 e. The number of rotatable bonds is 7. The third-order valence-electron chi connectivity index (χ3n) is 5.05. The second kappa shape index (κ2) is 8.29. The highest BCUT2D eigenvalue weighted by Crippen LogP contribution is 2.18. The summed E-state index contributed by atoms with van der Waals surface area (Å²) in [6.45, 7) is 2.72. The van der Waals surface area contributed by atoms with E-state index in [2.05, 4.69) is 34.5 Å². The zero-order valence-corrected chi connectivity index (χ0v) is 14.6. The van der Waals surface area contributed by atoms with Crippen LogP contribution in [0.15, 0.2) is 30.5 Å². The topological polar surface area (TPSA) is 50.2 Å². The first-order valence-electron chi connectivity index (χ1n) is 9.11. The molecular formula is C19H28N4O. The molecule has 0 bridgehead atoms. The van der Waals surface area contributed by atoms with Gasteiger partial charge < -0.3 is 10.2 Å². The lowest BCUT2D eigenvalue weighted by molar-refractivity contribution is -0.121. The molecule has 1 N–H and O–H groups in total. The van der Waals surface area contributed by atoms with Crippen molar-refractivity contribution in [3.8, 4) is 0 Å². The molecule has 24 heavy (non-hydrogen) atoms. The lowest BCUT2D eigenvalue weighted by atomic mass is 9.98. The van der Waals surface area contributed by atoms with Crippen LogP contribution in [0.4, 0.5) is 0 Å². The minimum absolute atomic E-state index is 0.180. The average Bonchev–Trinajstić information content (AvgIpc) is 3.01. The van der Waals surface area contributed by atoms with Crippen molar-refractivity contribution < 1.29 is 4.79 Å². The SMILES string of the molecule is CN1CCCC[C@H]1CCC(=O)NCCCn1ncc2ccccc21. The predicted molar refractivity (Wildman–Crippen MR) is 96.9 cm³/mol. The molecule has 3 rings (SSSR count). The van der Waals surface area contributed by atoms with Crippen molar-refractivity contribution in [2.75, 3.05) is 20.1 Å². The molecule has 2 aromatic rings. The molecule has 5 heteroatoms. The minimum atomic E-state index is 0.180. The number of nitrogens with zero attached hydrogens (tertiary/aromatic N) is 3. The summed E-state index contributed by atoms with van der Waals surface area (Å²) >= 11 is 0. The van der Waals surface area contributed by atoms with Crippen LogP contribution in [0, 0.1) is 0 Å². The molecule has 0 saturated carbocycles. The van der Waals surface area contributed by atoms with Crippen LogP contribution in [0.1, 0.15) is 38.5 Å². The standard InChI is InChI=1S/C19H28N4O/c1-22-13-5-4-8-17(22)10-11-19(24)20-12-6-14-23-18-9-3-2-7-16(18)15-21-23/h2-3,7,9,15,17H,4-6,8,10-14H2,1H3,(H,20,24)/t17-/m0/s1. The van der Waals surface area contributed by atoms with Gasteiger partial charge in [-0.1, -0.05) is 24.6 Å². The van der Waals surface area contributed by atoms with Crippen molar-refractivity contribution in [1.29, 1.82) is 0 Å². The maximum Gasteiger partial charge on any atom is 0.220 e. The lowest BCUT2D eigenvalue weighted by Gasteiger charge is -2.32. The molecule has 1 aliphatic heterocycles. The van der Waals surface area contributed by atoms with Gasteiger partial charge in [-0.05, 0) is 45.3 Å². The van der Waals surface area contributed by atoms with Crippen LogP contribution >= 0.6 is 0 Å². The van der Waals surface area contributed by atoms with Crippen molar-refractivity contribution in [3.05, 3.63) is 30.5 Å². The molecule has 1 aliphatic rings. The van der Waals surface area contributed by atoms with Gasteiger partial charge in [0, 0.05) is 30.9 Å². The van der Waals surface area contributed by atoms with E-state index < -0.39 is 0 Å². The molecular weight excluding hydrogens is 300 g/mol. The summed E-state index contributed by atoms with van der Waals surface area (Å²) in [6, 6.07) is 8.80. The first kappa shape index (κ1) is 17.0. The van der Waals surface area contributed by atoms with Crippen LogP contribution in [0.5, 0.6) is 0 Å². The average molecular weight is 328 g/mol. The zero-order chi connectivity index (χ0) is 16.8. The number of carbonyl (C=O) groups excluding carboxylic acids is 1. The maximum absolute atomic E-state index is 12.0. The Bertz CT molecular complexity index is 666. The van der Waals surface area contributed by atoms with E-state index in [9.17, 15) is 4.79 Å². The second-order valence-corrected chi connectivity index (χ2v) is 6.80. The fourth-order valence-corrected chi connectivity index (χ4v) is 3.56. The van der Waals surface area contributed by atoms with Crippen molar-refractivity contribution in [1.82, 2.24) is 20.0 Å². The number of hydrogen-bond acceptors (Lipinski definition) is 3. The largest absolute Gasteiger partial charge is 0.356 e. The van der Waals surface area contributed by atoms with Crippen molar-refractivity contribution in [2.24, 2.45) is 0 Å². The molecule has 0 radical (unpaired) electrons. The summed E-state index contributed by atoms with van der Waals surface area (Å²) in [6.07, 6.45) is 8.24. The molecule has 1 saturated heterocycles. The highest BCUT2D eigenvalue weighted by atomic mass is 16.1. The Morgan fingerprint density at radius 2 is 2.21 bits per heavy atom. The molecule has 1 aromatic heterocycles. The molecule has 130 valence electrons. The van der Waals surface area contributed by atoms with Crippen LogP contribution < -0.4 is 5.32 Å². The Kier molecular flexibility index (Phi) is 5.86. The number of aromatic nitrogens is 2. The van der Waals surface area contributed by atoms with Gasteiger partial charge in [-0.3, -0.25) is 9.48 Å². The van der Waals surface area contributed by atoms with Gasteiger partial charge in [0.1, 0.15) is 0 Å². The zero-order valence-electron chi connectivity index (χ0n) is 14.6. The van der Waals surface area contributed by atoms with Gasteiger partial charge in [0.2, 0.25) is 5.91 Å². The molecule has 0 unspecified atom stereocenters. The molecule has 1 fully saturated rings. The Morgan fingerprint density at radius 3 is 3.08 bits per heavy atom. The molecule has 0 spiro atoms. The lowest BCUT2D eigenvalue weighted by Crippen LogP contribution is -2.37. The van der Waals surface area contributed by atoms with Crippen LogP contribution in [0.3, 0.4) is 0 Å². The number of carbonyl (C=O) groups is 1. The van der Waals surface area contributed by atoms with Crippen LogP contribution in [-0.2, 0) is 11.3 Å². The van der Waals surface area contributed by atoms with Gasteiger partial charge >= 0.3 is 0 Å². The molecule has 1 amide bonds. The van der Waals surface area contributed by atoms with E-state index in [0.717, 1.165) is 30.3 Å². The third-order valence-corrected chi connectivity index (χ3v) is 5.05. The summed E-state index contributed by atoms with van der Waals surface area (Å²) in [7, 11) is 2.18. The maximum atomic E-state index is 12.0. The quantitative estimate of drug-likeness (QED) is 0.795. The van der Waals surface area contributed by atoms with E-state index in [4.69, 9.17) is 0 Å². The van der Waals surface area contributed by atoms with Crippen LogP contribution in [0.2, 0.25) is 0 Å². The molecule has 1 aromatic carbocycles. The Hall–Kier alpha value is -1.88. The predicted octanol–water partition coefficient (Wildman–Crippen LogP) is 2.81. The van der Waals surface area contributed by atoms with Gasteiger partial charge in [0.05, 0.1) is 11.7 Å². The van der Waals surface area contributed by atoms with Gasteiger partial charge in [-0.15, -0.1) is 0 Å². The summed E-state index contributed by atoms with van der Waals surface area (Å²) in [5.74, 6) is 0.180. The number of fused-ring (bicyclic) bond motifs is 1. The fraction of sp³-hybridized carbons (Fsp3) is 0.579. The summed E-state index contributed by atoms with van der Waals surface area (Å²) in [5.41, 5.74) is 1.16. The summed E-state index contributed by atoms with van der Waals surface area (Å²) < 4.78 is 2.01. The van der Waals surface area contributed by atoms with Gasteiger partial charge in [0.15, 0.2) is 0 Å². The number of para-hydroxylation sites is 1. The number of nitrogens with one attached hydrogen (secondary N) is 1. The van der Waals surface area contributed by atoms with Gasteiger partial charge in [0.25, 0.3) is 0 Å². The number of benzene rings is 1. The normalized spacial score (nSPS) is 18.8. The highest BCUT2D eigenvalue weighted by Gasteiger charge is 2.19. The van der Waals surface area contributed by atoms with Gasteiger partial charge in [-0.25, -0.2) is 0 Å². The molecule has 1 atom stereocenters. The minimum Gasteiger partial charge on any atom is -0.356 e. The van der Waals surface area contributed by atoms with Crippen molar-refractivity contribution >= 4 is 16.8 Å². The number of hydrogen-bond donors (Lipinski definition) is 1. The van der Waals surface area contributed by atoms with E-state index in [1.54, 1.807) is 0 Å². The monoisotopic (exact) mass is 328 g/mol. The molecule has 0 aliphatic carbocycles. The summed E-state index contributed by atoms with van der Waals surface area (Å²) in [5, 5.41) is 8.63. The second-order valence-electron chi connectivity index (χ2n) is 6.80. The first-order valence-corrected chi connectivity index (χ1v) is 9.11. The fourth-order valence-electron chi connectivity index (χ4n) is 3.56. The molecule has 2 heterocycles. The van der Waals surface area contributed by atoms with Crippen molar-refractivity contribution in [3.63, 3.8) is 0 Å². The van der Waals surface area contributed by atoms with Crippen LogP contribution in [0.25, 0.3) is 10.9 Å². The third kappa shape index (κ3) is 4.35. The Morgan fingerprint density at radius 1 is 1.33 bits per heavy atom. The van der Waals surface area contributed by atoms with E-state index in [1.165, 1.54) is 25.8 Å². The van der Waals surface area contributed by atoms with Gasteiger partial charge in [-0.2, -0.15) is 5.10 Å². The number of amides is 1. The van der Waals surface area contributed by atoms with E-state index in [0.29, 0.717) is 19.0 Å². The Labute approximate surface area is 144 Å².